The van der Waals surface area contributed by atoms with Crippen LogP contribution in [0.25, 0.3) is 11.5 Å². The van der Waals surface area contributed by atoms with Crippen molar-refractivity contribution in [3.05, 3.63) is 62.4 Å². The molecule has 4 nitrogen and oxygen atoms in total. The molecule has 0 amide bonds. The van der Waals surface area contributed by atoms with Crippen molar-refractivity contribution in [3.8, 4) is 11.5 Å². The summed E-state index contributed by atoms with van der Waals surface area (Å²) < 4.78 is 6.37. The Morgan fingerprint density at radius 2 is 2.00 bits per heavy atom. The van der Waals surface area contributed by atoms with Gasteiger partial charge < -0.3 is 10.3 Å². The Morgan fingerprint density at radius 3 is 2.81 bits per heavy atom. The first-order valence-corrected chi connectivity index (χ1v) is 7.70. The van der Waals surface area contributed by atoms with E-state index in [0.717, 1.165) is 14.7 Å². The van der Waals surface area contributed by atoms with Gasteiger partial charge in [-0.1, -0.05) is 35.0 Å². The molecule has 0 aliphatic carbocycles. The van der Waals surface area contributed by atoms with Crippen LogP contribution in [0.1, 0.15) is 11.4 Å². The summed E-state index contributed by atoms with van der Waals surface area (Å²) in [6.07, 6.45) is 0.521. The average molecular weight is 412 g/mol. The standard InChI is InChI=1S/C15H11ClIN3O/c16-12-4-2-1-3-9(12)7-14-19-15(21-20-14)11-8-10(17)5-6-13(11)18/h1-6,8H,7,18H2. The molecule has 0 atom stereocenters. The first kappa shape index (κ1) is 14.3. The molecule has 0 aliphatic rings. The smallest absolute Gasteiger partial charge is 0.260 e. The highest BCUT2D eigenvalue weighted by Crippen LogP contribution is 2.27. The van der Waals surface area contributed by atoms with Crippen molar-refractivity contribution >= 4 is 39.9 Å². The maximum absolute atomic E-state index is 6.14. The van der Waals surface area contributed by atoms with Crippen LogP contribution in [-0.4, -0.2) is 10.1 Å². The highest BCUT2D eigenvalue weighted by atomic mass is 127. The van der Waals surface area contributed by atoms with E-state index < -0.39 is 0 Å². The van der Waals surface area contributed by atoms with Gasteiger partial charge in [0.1, 0.15) is 0 Å². The quantitative estimate of drug-likeness (QED) is 0.519. The minimum atomic E-state index is 0.424. The fourth-order valence-corrected chi connectivity index (χ4v) is 2.65. The largest absolute Gasteiger partial charge is 0.398 e. The Morgan fingerprint density at radius 1 is 1.19 bits per heavy atom. The summed E-state index contributed by atoms with van der Waals surface area (Å²) >= 11 is 8.35. The number of aromatic nitrogens is 2. The summed E-state index contributed by atoms with van der Waals surface area (Å²) in [7, 11) is 0. The molecule has 0 aliphatic heterocycles. The normalized spacial score (nSPS) is 10.8. The second-order valence-corrected chi connectivity index (χ2v) is 6.17. The van der Waals surface area contributed by atoms with Gasteiger partial charge in [-0.15, -0.1) is 0 Å². The molecule has 0 saturated carbocycles. The van der Waals surface area contributed by atoms with Crippen LogP contribution in [0.4, 0.5) is 5.69 Å². The molecule has 0 fully saturated rings. The molecule has 6 heteroatoms. The molecule has 3 aromatic rings. The minimum absolute atomic E-state index is 0.424. The van der Waals surface area contributed by atoms with E-state index in [2.05, 4.69) is 32.7 Å². The molecule has 2 N–H and O–H groups in total. The van der Waals surface area contributed by atoms with E-state index in [0.29, 0.717) is 28.8 Å². The number of hydrogen-bond acceptors (Lipinski definition) is 4. The zero-order valence-electron chi connectivity index (χ0n) is 10.9. The SMILES string of the molecule is Nc1ccc(I)cc1-c1nc(Cc2ccccc2Cl)no1. The third-order valence-electron chi connectivity index (χ3n) is 3.02. The van der Waals surface area contributed by atoms with E-state index in [1.807, 2.05) is 42.5 Å². The van der Waals surface area contributed by atoms with Gasteiger partial charge in [-0.05, 0) is 52.4 Å². The van der Waals surface area contributed by atoms with Crippen LogP contribution in [0, 0.1) is 3.57 Å². The summed E-state index contributed by atoms with van der Waals surface area (Å²) in [5.74, 6) is 1.00. The average Bonchev–Trinajstić information content (AvgIpc) is 2.92. The van der Waals surface area contributed by atoms with Gasteiger partial charge in [0, 0.05) is 20.7 Å². The second kappa shape index (κ2) is 6.03. The maximum Gasteiger partial charge on any atom is 0.260 e. The van der Waals surface area contributed by atoms with Crippen molar-refractivity contribution in [2.75, 3.05) is 5.73 Å². The minimum Gasteiger partial charge on any atom is -0.398 e. The van der Waals surface area contributed by atoms with E-state index in [4.69, 9.17) is 21.9 Å². The fraction of sp³-hybridized carbons (Fsp3) is 0.0667. The van der Waals surface area contributed by atoms with Gasteiger partial charge in [-0.25, -0.2) is 0 Å². The molecule has 0 spiro atoms. The third kappa shape index (κ3) is 3.19. The monoisotopic (exact) mass is 411 g/mol. The highest BCUT2D eigenvalue weighted by molar-refractivity contribution is 14.1. The Labute approximate surface area is 140 Å². The number of nitrogens with zero attached hydrogens (tertiary/aromatic N) is 2. The van der Waals surface area contributed by atoms with Gasteiger partial charge in [0.25, 0.3) is 5.89 Å². The molecule has 1 heterocycles. The van der Waals surface area contributed by atoms with Crippen LogP contribution < -0.4 is 5.73 Å². The van der Waals surface area contributed by atoms with Crippen molar-refractivity contribution in [2.24, 2.45) is 0 Å². The molecule has 3 rings (SSSR count). The Balaban J connectivity index is 1.90. The number of anilines is 1. The topological polar surface area (TPSA) is 64.9 Å². The van der Waals surface area contributed by atoms with Crippen molar-refractivity contribution in [2.45, 2.75) is 6.42 Å². The van der Waals surface area contributed by atoms with Gasteiger partial charge >= 0.3 is 0 Å². The Hall–Kier alpha value is -1.60. The third-order valence-corrected chi connectivity index (χ3v) is 4.06. The summed E-state index contributed by atoms with van der Waals surface area (Å²) in [4.78, 5) is 4.40. The second-order valence-electron chi connectivity index (χ2n) is 4.52. The van der Waals surface area contributed by atoms with Gasteiger partial charge in [0.05, 0.1) is 5.56 Å². The first-order chi connectivity index (χ1) is 10.1. The predicted octanol–water partition coefficient (Wildman–Crippen LogP) is 4.17. The number of hydrogen-bond donors (Lipinski definition) is 1. The van der Waals surface area contributed by atoms with Crippen LogP contribution in [0.3, 0.4) is 0 Å². The van der Waals surface area contributed by atoms with Crippen molar-refractivity contribution < 1.29 is 4.52 Å². The number of nitrogens with two attached hydrogens (primary N) is 1. The van der Waals surface area contributed by atoms with E-state index in [-0.39, 0.29) is 0 Å². The Bertz CT molecular complexity index is 788. The summed E-state index contributed by atoms with van der Waals surface area (Å²) in [5, 5.41) is 4.69. The molecule has 106 valence electrons. The summed E-state index contributed by atoms with van der Waals surface area (Å²) in [6.45, 7) is 0. The van der Waals surface area contributed by atoms with Crippen LogP contribution in [0.2, 0.25) is 5.02 Å². The van der Waals surface area contributed by atoms with E-state index in [9.17, 15) is 0 Å². The molecule has 1 aromatic heterocycles. The zero-order chi connectivity index (χ0) is 14.8. The van der Waals surface area contributed by atoms with Gasteiger partial charge in [-0.2, -0.15) is 4.98 Å². The van der Waals surface area contributed by atoms with Crippen LogP contribution in [0.5, 0.6) is 0 Å². The molecular formula is C15H11ClIN3O. The molecule has 21 heavy (non-hydrogen) atoms. The van der Waals surface area contributed by atoms with Gasteiger partial charge in [0.2, 0.25) is 0 Å². The predicted molar refractivity (Wildman–Crippen MR) is 91.1 cm³/mol. The molecule has 0 saturated heterocycles. The lowest BCUT2D eigenvalue weighted by molar-refractivity contribution is 0.424. The lowest BCUT2D eigenvalue weighted by Gasteiger charge is -2.00. The molecule has 0 bridgehead atoms. The van der Waals surface area contributed by atoms with Gasteiger partial charge in [-0.3, -0.25) is 0 Å². The highest BCUT2D eigenvalue weighted by Gasteiger charge is 2.13. The van der Waals surface area contributed by atoms with E-state index in [1.165, 1.54) is 0 Å². The van der Waals surface area contributed by atoms with E-state index >= 15 is 0 Å². The zero-order valence-corrected chi connectivity index (χ0v) is 13.8. The number of rotatable bonds is 3. The molecular weight excluding hydrogens is 401 g/mol. The van der Waals surface area contributed by atoms with Crippen LogP contribution >= 0.6 is 34.2 Å². The number of benzene rings is 2. The van der Waals surface area contributed by atoms with Crippen LogP contribution in [-0.2, 0) is 6.42 Å². The van der Waals surface area contributed by atoms with Crippen molar-refractivity contribution in [1.82, 2.24) is 10.1 Å². The maximum atomic E-state index is 6.14. The first-order valence-electron chi connectivity index (χ1n) is 6.25. The molecule has 0 unspecified atom stereocenters. The number of halogens is 2. The fourth-order valence-electron chi connectivity index (χ4n) is 1.96. The Kier molecular flexibility index (Phi) is 4.12. The van der Waals surface area contributed by atoms with Crippen molar-refractivity contribution in [1.29, 1.82) is 0 Å². The van der Waals surface area contributed by atoms with Gasteiger partial charge in [0.15, 0.2) is 5.82 Å². The molecule has 0 radical (unpaired) electrons. The molecule has 2 aromatic carbocycles. The van der Waals surface area contributed by atoms with Crippen LogP contribution in [0.15, 0.2) is 47.0 Å². The lowest BCUT2D eigenvalue weighted by atomic mass is 10.1. The number of nitrogen functional groups attached to an aromatic ring is 1. The summed E-state index contributed by atoms with van der Waals surface area (Å²) in [5.41, 5.74) is 8.28. The van der Waals surface area contributed by atoms with E-state index in [1.54, 1.807) is 0 Å². The van der Waals surface area contributed by atoms with Crippen molar-refractivity contribution in [3.63, 3.8) is 0 Å². The summed E-state index contributed by atoms with van der Waals surface area (Å²) in [6, 6.07) is 13.3. The lowest BCUT2D eigenvalue weighted by Crippen LogP contribution is -1.93.